The number of rotatable bonds is 2. The van der Waals surface area contributed by atoms with Gasteiger partial charge in [0, 0.05) is 6.20 Å². The molecule has 0 unspecified atom stereocenters. The first-order valence-corrected chi connectivity index (χ1v) is 5.67. The van der Waals surface area contributed by atoms with E-state index in [2.05, 4.69) is 0 Å². The number of benzene rings is 1. The number of pyridine rings is 1. The molecule has 3 nitrogen and oxygen atoms in total. The van der Waals surface area contributed by atoms with Gasteiger partial charge in [-0.25, -0.2) is 0 Å². The zero-order chi connectivity index (χ0) is 14.8. The summed E-state index contributed by atoms with van der Waals surface area (Å²) in [5, 5.41) is 8.66. The number of hydrogen-bond donors (Lipinski definition) is 0. The highest BCUT2D eigenvalue weighted by Gasteiger charge is 2.34. The van der Waals surface area contributed by atoms with Crippen LogP contribution < -0.4 is 5.56 Å². The van der Waals surface area contributed by atoms with Gasteiger partial charge in [0.05, 0.1) is 18.2 Å². The van der Waals surface area contributed by atoms with E-state index >= 15 is 0 Å². The van der Waals surface area contributed by atoms with Gasteiger partial charge in [-0.05, 0) is 29.8 Å². The lowest BCUT2D eigenvalue weighted by Crippen LogP contribution is -2.28. The Balaban J connectivity index is 2.35. The molecule has 6 heteroatoms. The minimum atomic E-state index is -4.66. The molecule has 1 aromatic carbocycles. The van der Waals surface area contributed by atoms with Gasteiger partial charge in [-0.2, -0.15) is 18.4 Å². The Hall–Kier alpha value is -2.55. The summed E-state index contributed by atoms with van der Waals surface area (Å²) in [5.74, 6) is 0. The molecule has 1 heterocycles. The summed E-state index contributed by atoms with van der Waals surface area (Å²) in [5.41, 5.74) is -1.17. The minimum Gasteiger partial charge on any atom is -0.311 e. The lowest BCUT2D eigenvalue weighted by Gasteiger charge is -2.10. The van der Waals surface area contributed by atoms with Crippen LogP contribution in [0.25, 0.3) is 0 Å². The molecule has 0 radical (unpaired) electrons. The van der Waals surface area contributed by atoms with Crippen LogP contribution >= 0.6 is 0 Å². The van der Waals surface area contributed by atoms with E-state index in [0.29, 0.717) is 11.1 Å². The lowest BCUT2D eigenvalue weighted by molar-refractivity contribution is -0.138. The minimum absolute atomic E-state index is 0.0223. The Morgan fingerprint density at radius 2 is 1.80 bits per heavy atom. The average molecular weight is 278 g/mol. The van der Waals surface area contributed by atoms with Gasteiger partial charge in [0.25, 0.3) is 5.56 Å². The first-order chi connectivity index (χ1) is 9.41. The lowest BCUT2D eigenvalue weighted by atomic mass is 10.1. The summed E-state index contributed by atoms with van der Waals surface area (Å²) < 4.78 is 38.8. The Kier molecular flexibility index (Phi) is 3.61. The van der Waals surface area contributed by atoms with Gasteiger partial charge in [-0.1, -0.05) is 12.1 Å². The van der Waals surface area contributed by atoms with Crippen LogP contribution in [0.15, 0.2) is 47.4 Å². The summed E-state index contributed by atoms with van der Waals surface area (Å²) in [7, 11) is 0. The molecule has 102 valence electrons. The zero-order valence-corrected chi connectivity index (χ0v) is 10.2. The maximum atomic E-state index is 12.6. The fourth-order valence-corrected chi connectivity index (χ4v) is 1.76. The molecule has 0 atom stereocenters. The number of alkyl halides is 3. The summed E-state index contributed by atoms with van der Waals surface area (Å²) in [6, 6.07) is 10.2. The standard InChI is InChI=1S/C14H9F3N2O/c15-14(16,17)12-2-1-7-19(13(12)20)9-11-5-3-10(8-18)4-6-11/h1-7H,9H2. The van der Waals surface area contributed by atoms with Crippen molar-refractivity contribution in [1.82, 2.24) is 4.57 Å². The van der Waals surface area contributed by atoms with E-state index in [-0.39, 0.29) is 6.54 Å². The summed E-state index contributed by atoms with van der Waals surface area (Å²) in [6.07, 6.45) is -3.36. The molecule has 0 fully saturated rings. The summed E-state index contributed by atoms with van der Waals surface area (Å²) in [4.78, 5) is 11.7. The second-order valence-electron chi connectivity index (χ2n) is 4.16. The van der Waals surface area contributed by atoms with Crippen LogP contribution in [0.1, 0.15) is 16.7 Å². The zero-order valence-electron chi connectivity index (χ0n) is 10.2. The first kappa shape index (κ1) is 13.9. The largest absolute Gasteiger partial charge is 0.421 e. The fraction of sp³-hybridized carbons (Fsp3) is 0.143. The molecule has 0 saturated heterocycles. The Morgan fingerprint density at radius 1 is 1.15 bits per heavy atom. The molecular formula is C14H9F3N2O. The molecule has 0 aliphatic heterocycles. The second kappa shape index (κ2) is 5.21. The maximum Gasteiger partial charge on any atom is 0.421 e. The van der Waals surface area contributed by atoms with Crippen molar-refractivity contribution in [3.63, 3.8) is 0 Å². The van der Waals surface area contributed by atoms with Gasteiger partial charge in [0.15, 0.2) is 0 Å². The number of nitrogens with zero attached hydrogens (tertiary/aromatic N) is 2. The van der Waals surface area contributed by atoms with Crippen LogP contribution in [-0.4, -0.2) is 4.57 Å². The quantitative estimate of drug-likeness (QED) is 0.848. The molecule has 2 aromatic rings. The molecule has 0 saturated carbocycles. The van der Waals surface area contributed by atoms with Crippen molar-refractivity contribution >= 4 is 0 Å². The van der Waals surface area contributed by atoms with Crippen LogP contribution in [0.2, 0.25) is 0 Å². The van der Waals surface area contributed by atoms with Crippen molar-refractivity contribution in [3.05, 3.63) is 69.6 Å². The van der Waals surface area contributed by atoms with Gasteiger partial charge in [-0.15, -0.1) is 0 Å². The Labute approximate surface area is 112 Å². The molecule has 0 amide bonds. The van der Waals surface area contributed by atoms with E-state index in [1.807, 2.05) is 6.07 Å². The highest BCUT2D eigenvalue weighted by Crippen LogP contribution is 2.26. The van der Waals surface area contributed by atoms with E-state index < -0.39 is 17.3 Å². The summed E-state index contributed by atoms with van der Waals surface area (Å²) >= 11 is 0. The molecule has 0 aliphatic rings. The topological polar surface area (TPSA) is 45.8 Å². The third-order valence-corrected chi connectivity index (χ3v) is 2.76. The van der Waals surface area contributed by atoms with Gasteiger partial charge in [0.1, 0.15) is 5.56 Å². The number of halogens is 3. The molecule has 2 rings (SSSR count). The monoisotopic (exact) mass is 278 g/mol. The van der Waals surface area contributed by atoms with Gasteiger partial charge in [-0.3, -0.25) is 4.79 Å². The van der Waals surface area contributed by atoms with E-state index in [1.165, 1.54) is 12.3 Å². The van der Waals surface area contributed by atoms with Crippen LogP contribution in [-0.2, 0) is 12.7 Å². The smallest absolute Gasteiger partial charge is 0.311 e. The Morgan fingerprint density at radius 3 is 2.35 bits per heavy atom. The maximum absolute atomic E-state index is 12.6. The first-order valence-electron chi connectivity index (χ1n) is 5.67. The van der Waals surface area contributed by atoms with Crippen LogP contribution in [0.3, 0.4) is 0 Å². The average Bonchev–Trinajstić information content (AvgIpc) is 2.40. The van der Waals surface area contributed by atoms with E-state index in [1.54, 1.807) is 24.3 Å². The molecule has 0 N–H and O–H groups in total. The van der Waals surface area contributed by atoms with Crippen molar-refractivity contribution < 1.29 is 13.2 Å². The van der Waals surface area contributed by atoms with E-state index in [0.717, 1.165) is 10.6 Å². The highest BCUT2D eigenvalue weighted by molar-refractivity contribution is 5.31. The molecule has 0 spiro atoms. The number of nitriles is 1. The predicted molar refractivity (Wildman–Crippen MR) is 66.0 cm³/mol. The van der Waals surface area contributed by atoms with Crippen molar-refractivity contribution in [2.45, 2.75) is 12.7 Å². The van der Waals surface area contributed by atoms with Crippen LogP contribution in [0.4, 0.5) is 13.2 Å². The molecule has 0 aliphatic carbocycles. The van der Waals surface area contributed by atoms with Crippen LogP contribution in [0.5, 0.6) is 0 Å². The molecule has 1 aromatic heterocycles. The Bertz CT molecular complexity index is 709. The van der Waals surface area contributed by atoms with Gasteiger partial charge < -0.3 is 4.57 Å². The molecule has 0 bridgehead atoms. The molecular weight excluding hydrogens is 269 g/mol. The number of aromatic nitrogens is 1. The predicted octanol–water partition coefficient (Wildman–Crippen LogP) is 2.79. The SMILES string of the molecule is N#Cc1ccc(Cn2cccc(C(F)(F)F)c2=O)cc1. The normalized spacial score (nSPS) is 11.1. The highest BCUT2D eigenvalue weighted by atomic mass is 19.4. The van der Waals surface area contributed by atoms with E-state index in [9.17, 15) is 18.0 Å². The van der Waals surface area contributed by atoms with Crippen LogP contribution in [0, 0.1) is 11.3 Å². The third-order valence-electron chi connectivity index (χ3n) is 2.76. The van der Waals surface area contributed by atoms with Crippen molar-refractivity contribution in [2.24, 2.45) is 0 Å². The van der Waals surface area contributed by atoms with Crippen molar-refractivity contribution in [2.75, 3.05) is 0 Å². The van der Waals surface area contributed by atoms with Crippen molar-refractivity contribution in [1.29, 1.82) is 5.26 Å². The van der Waals surface area contributed by atoms with Gasteiger partial charge in [0.2, 0.25) is 0 Å². The van der Waals surface area contributed by atoms with Gasteiger partial charge >= 0.3 is 6.18 Å². The second-order valence-corrected chi connectivity index (χ2v) is 4.16. The third kappa shape index (κ3) is 2.88. The van der Waals surface area contributed by atoms with E-state index in [4.69, 9.17) is 5.26 Å². The summed E-state index contributed by atoms with van der Waals surface area (Å²) in [6.45, 7) is 0.0223. The fourth-order valence-electron chi connectivity index (χ4n) is 1.76. The van der Waals surface area contributed by atoms with Crippen molar-refractivity contribution in [3.8, 4) is 6.07 Å². The molecule has 20 heavy (non-hydrogen) atoms. The number of hydrogen-bond acceptors (Lipinski definition) is 2.